The molecule has 10 nitrogen and oxygen atoms in total. The fraction of sp³-hybridized carbons (Fsp3) is 0.240. The third-order valence-corrected chi connectivity index (χ3v) is 6.37. The largest absolute Gasteiger partial charge is 0.435 e. The Morgan fingerprint density at radius 1 is 0.833 bits per heavy atom. The van der Waals surface area contributed by atoms with Gasteiger partial charge in [-0.3, -0.25) is 23.6 Å². The zero-order valence-electron chi connectivity index (χ0n) is 19.7. The molecule has 0 saturated carbocycles. The van der Waals surface area contributed by atoms with Crippen LogP contribution in [0.4, 0.5) is 0 Å². The van der Waals surface area contributed by atoms with E-state index in [1.54, 1.807) is 24.3 Å². The maximum Gasteiger partial charge on any atom is 0.336 e. The number of rotatable bonds is 14. The summed E-state index contributed by atoms with van der Waals surface area (Å²) in [7, 11) is -2.76. The highest BCUT2D eigenvalue weighted by atomic mass is 31.2. The van der Waals surface area contributed by atoms with Gasteiger partial charge >= 0.3 is 19.5 Å². The molecular weight excluding hydrogens is 489 g/mol. The van der Waals surface area contributed by atoms with E-state index < -0.39 is 39.0 Å². The number of ether oxygens (including phenoxy) is 2. The van der Waals surface area contributed by atoms with Crippen molar-refractivity contribution in [2.24, 2.45) is 0 Å². The minimum absolute atomic E-state index is 0.0325. The molecule has 0 spiro atoms. The van der Waals surface area contributed by atoms with Crippen LogP contribution in [-0.2, 0) is 37.5 Å². The molecule has 0 aromatic heterocycles. The molecule has 0 aliphatic heterocycles. The summed E-state index contributed by atoms with van der Waals surface area (Å²) < 4.78 is 33.2. The Morgan fingerprint density at radius 3 is 1.69 bits per heavy atom. The van der Waals surface area contributed by atoms with Gasteiger partial charge in [0.05, 0.1) is 6.16 Å². The van der Waals surface area contributed by atoms with Gasteiger partial charge in [-0.05, 0) is 29.7 Å². The highest BCUT2D eigenvalue weighted by Crippen LogP contribution is 2.49. The first-order valence-corrected chi connectivity index (χ1v) is 12.6. The van der Waals surface area contributed by atoms with Gasteiger partial charge in [0.15, 0.2) is 0 Å². The molecule has 0 saturated heterocycles. The van der Waals surface area contributed by atoms with Gasteiger partial charge in [0, 0.05) is 25.6 Å². The molecule has 0 fully saturated rings. The number of carbonyl (C=O) groups is 3. The van der Waals surface area contributed by atoms with E-state index in [2.05, 4.69) is 0 Å². The molecule has 0 aliphatic rings. The van der Waals surface area contributed by atoms with E-state index >= 15 is 0 Å². The van der Waals surface area contributed by atoms with Crippen LogP contribution in [0.25, 0.3) is 12.2 Å². The fourth-order valence-electron chi connectivity index (χ4n) is 2.63. The topological polar surface area (TPSA) is 129 Å². The smallest absolute Gasteiger partial charge is 0.336 e. The molecule has 0 radical (unpaired) electrons. The second kappa shape index (κ2) is 15.4. The third kappa shape index (κ3) is 11.7. The summed E-state index contributed by atoms with van der Waals surface area (Å²) in [5.74, 6) is -2.07. The summed E-state index contributed by atoms with van der Waals surface area (Å²) >= 11 is 0. The van der Waals surface area contributed by atoms with Gasteiger partial charge in [0.2, 0.25) is 19.5 Å². The zero-order chi connectivity index (χ0) is 26.2. The average molecular weight is 517 g/mol. The van der Waals surface area contributed by atoms with E-state index in [0.717, 1.165) is 11.1 Å². The van der Waals surface area contributed by atoms with Crippen molar-refractivity contribution in [2.75, 3.05) is 26.8 Å². The Bertz CT molecular complexity index is 1010. The van der Waals surface area contributed by atoms with E-state index in [0.29, 0.717) is 5.06 Å². The Kier molecular flexibility index (Phi) is 12.3. The van der Waals surface area contributed by atoms with Crippen LogP contribution in [0.1, 0.15) is 24.0 Å². The summed E-state index contributed by atoms with van der Waals surface area (Å²) in [5.41, 5.74) is 1.57. The monoisotopic (exact) mass is 517 g/mol. The molecule has 0 bridgehead atoms. The predicted molar refractivity (Wildman–Crippen MR) is 131 cm³/mol. The molecule has 2 rings (SSSR count). The van der Waals surface area contributed by atoms with Crippen LogP contribution in [0.3, 0.4) is 0 Å². The van der Waals surface area contributed by atoms with Gasteiger partial charge in [0.1, 0.15) is 0 Å². The van der Waals surface area contributed by atoms with Crippen LogP contribution < -0.4 is 0 Å². The molecule has 0 aliphatic carbocycles. The first-order chi connectivity index (χ1) is 17.3. The number of hydrogen-bond donors (Lipinski definition) is 1. The van der Waals surface area contributed by atoms with Crippen molar-refractivity contribution in [3.63, 3.8) is 0 Å². The number of benzene rings is 2. The standard InChI is InChI=1S/C25H28NO9P/c1-26(30)23(27)13-8-18-36(31,34-19-32-24(28)16-14-21-9-4-2-5-10-21)35-20-33-25(29)17-15-22-11-6-3-7-12-22/h2-7,9-12,14-17,30H,8,13,18-20H2,1H3/b16-14+,17-15+. The van der Waals surface area contributed by atoms with Crippen LogP contribution in [-0.4, -0.2) is 54.9 Å². The van der Waals surface area contributed by atoms with Crippen LogP contribution in [0, 0.1) is 0 Å². The van der Waals surface area contributed by atoms with Crippen molar-refractivity contribution in [3.05, 3.63) is 83.9 Å². The fourth-order valence-corrected chi connectivity index (χ4v) is 3.94. The van der Waals surface area contributed by atoms with E-state index in [4.69, 9.17) is 23.7 Å². The van der Waals surface area contributed by atoms with Crippen molar-refractivity contribution >= 4 is 37.6 Å². The van der Waals surface area contributed by atoms with Gasteiger partial charge in [-0.25, -0.2) is 14.7 Å². The molecule has 0 atom stereocenters. The third-order valence-electron chi connectivity index (χ3n) is 4.51. The number of nitrogens with zero attached hydrogens (tertiary/aromatic N) is 1. The zero-order valence-corrected chi connectivity index (χ0v) is 20.6. The van der Waals surface area contributed by atoms with Gasteiger partial charge in [-0.2, -0.15) is 0 Å². The minimum Gasteiger partial charge on any atom is -0.435 e. The van der Waals surface area contributed by atoms with Gasteiger partial charge < -0.3 is 9.47 Å². The van der Waals surface area contributed by atoms with E-state index in [9.17, 15) is 18.9 Å². The Labute approximate surface area is 209 Å². The molecule has 192 valence electrons. The summed E-state index contributed by atoms with van der Waals surface area (Å²) in [6.45, 7) is -1.38. The number of esters is 2. The van der Waals surface area contributed by atoms with Gasteiger partial charge in [-0.1, -0.05) is 60.7 Å². The summed E-state index contributed by atoms with van der Waals surface area (Å²) in [6, 6.07) is 18.1. The second-order valence-corrected chi connectivity index (χ2v) is 9.45. The van der Waals surface area contributed by atoms with Crippen molar-refractivity contribution in [2.45, 2.75) is 12.8 Å². The maximum absolute atomic E-state index is 13.0. The highest BCUT2D eigenvalue weighted by Gasteiger charge is 2.26. The molecule has 2 aromatic rings. The number of amides is 1. The molecule has 0 heterocycles. The number of hydroxylamine groups is 2. The molecule has 1 amide bonds. The number of carbonyl (C=O) groups excluding carboxylic acids is 3. The van der Waals surface area contributed by atoms with Gasteiger partial charge in [0.25, 0.3) is 0 Å². The lowest BCUT2D eigenvalue weighted by atomic mass is 10.2. The van der Waals surface area contributed by atoms with Crippen molar-refractivity contribution in [3.8, 4) is 0 Å². The van der Waals surface area contributed by atoms with E-state index in [1.165, 1.54) is 31.4 Å². The first-order valence-electron chi connectivity index (χ1n) is 10.9. The maximum atomic E-state index is 13.0. The SMILES string of the molecule is CN(O)C(=O)CCCP(=O)(OCOC(=O)/C=C/c1ccccc1)OCOC(=O)/C=C/c1ccccc1. The average Bonchev–Trinajstić information content (AvgIpc) is 2.87. The Hall–Kier alpha value is -3.56. The molecule has 1 N–H and O–H groups in total. The van der Waals surface area contributed by atoms with Crippen LogP contribution in [0.2, 0.25) is 0 Å². The van der Waals surface area contributed by atoms with E-state index in [1.807, 2.05) is 36.4 Å². The lowest BCUT2D eigenvalue weighted by Crippen LogP contribution is -2.22. The molecular formula is C25H28NO9P. The quantitative estimate of drug-likeness (QED) is 0.0975. The summed E-state index contributed by atoms with van der Waals surface area (Å²) in [4.78, 5) is 35.4. The van der Waals surface area contributed by atoms with Crippen molar-refractivity contribution < 1.29 is 42.7 Å². The Balaban J connectivity index is 1.86. The van der Waals surface area contributed by atoms with Crippen LogP contribution in [0.5, 0.6) is 0 Å². The minimum atomic E-state index is -3.93. The van der Waals surface area contributed by atoms with Crippen LogP contribution in [0.15, 0.2) is 72.8 Å². The van der Waals surface area contributed by atoms with Crippen molar-refractivity contribution in [1.29, 1.82) is 0 Å². The highest BCUT2D eigenvalue weighted by molar-refractivity contribution is 7.53. The normalized spacial score (nSPS) is 11.5. The number of hydrogen-bond acceptors (Lipinski definition) is 9. The second-order valence-electron chi connectivity index (χ2n) is 7.26. The summed E-state index contributed by atoms with van der Waals surface area (Å²) in [6.07, 6.45) is 5.09. The Morgan fingerprint density at radius 2 is 1.28 bits per heavy atom. The lowest BCUT2D eigenvalue weighted by Gasteiger charge is -2.18. The molecule has 36 heavy (non-hydrogen) atoms. The van der Waals surface area contributed by atoms with E-state index in [-0.39, 0.29) is 19.0 Å². The molecule has 0 unspecified atom stereocenters. The first kappa shape index (κ1) is 28.7. The molecule has 11 heteroatoms. The molecule has 2 aromatic carbocycles. The van der Waals surface area contributed by atoms with Crippen molar-refractivity contribution in [1.82, 2.24) is 5.06 Å². The predicted octanol–water partition coefficient (Wildman–Crippen LogP) is 4.27. The summed E-state index contributed by atoms with van der Waals surface area (Å²) in [5, 5.41) is 9.56. The lowest BCUT2D eigenvalue weighted by molar-refractivity contribution is -0.159. The van der Waals surface area contributed by atoms with Gasteiger partial charge in [-0.15, -0.1) is 0 Å². The van der Waals surface area contributed by atoms with Crippen LogP contribution >= 0.6 is 7.60 Å².